The van der Waals surface area contributed by atoms with Gasteiger partial charge in [0.05, 0.1) is 12.4 Å². The van der Waals surface area contributed by atoms with Gasteiger partial charge in [-0.2, -0.15) is 9.94 Å². The van der Waals surface area contributed by atoms with Crippen molar-refractivity contribution in [3.63, 3.8) is 0 Å². The number of rotatable bonds is 3. The minimum absolute atomic E-state index is 0.0772. The van der Waals surface area contributed by atoms with Gasteiger partial charge in [-0.25, -0.2) is 23.4 Å². The number of anilines is 1. The number of alkyl halides is 2. The largest absolute Gasteiger partial charge is 0.356 e. The van der Waals surface area contributed by atoms with E-state index in [1.54, 1.807) is 11.0 Å². The SMILES string of the molecule is N#Cc1cn(-c2c[nH]n(-c3cc(N4CCC(F)(F)CC4)ncn3)c2=O)nn1. The summed E-state index contributed by atoms with van der Waals surface area (Å²) in [7, 11) is 0. The summed E-state index contributed by atoms with van der Waals surface area (Å²) in [5, 5.41) is 18.9. The van der Waals surface area contributed by atoms with Gasteiger partial charge in [0, 0.05) is 32.0 Å². The summed E-state index contributed by atoms with van der Waals surface area (Å²) in [5.41, 5.74) is -0.227. The zero-order valence-corrected chi connectivity index (χ0v) is 13.9. The molecule has 1 aliphatic heterocycles. The highest BCUT2D eigenvalue weighted by molar-refractivity contribution is 5.44. The molecule has 10 nitrogen and oxygen atoms in total. The van der Waals surface area contributed by atoms with E-state index in [1.165, 1.54) is 28.1 Å². The molecule has 3 aromatic rings. The molecule has 0 saturated carbocycles. The van der Waals surface area contributed by atoms with Crippen molar-refractivity contribution >= 4 is 5.82 Å². The molecule has 0 atom stereocenters. The fourth-order valence-electron chi connectivity index (χ4n) is 2.82. The lowest BCUT2D eigenvalue weighted by Gasteiger charge is -2.32. The van der Waals surface area contributed by atoms with Crippen LogP contribution in [0, 0.1) is 11.3 Å². The maximum absolute atomic E-state index is 13.3. The lowest BCUT2D eigenvalue weighted by atomic mass is 10.1. The quantitative estimate of drug-likeness (QED) is 0.715. The van der Waals surface area contributed by atoms with Crippen molar-refractivity contribution in [2.24, 2.45) is 0 Å². The molecule has 1 aliphatic rings. The van der Waals surface area contributed by atoms with E-state index in [1.807, 2.05) is 6.07 Å². The highest BCUT2D eigenvalue weighted by atomic mass is 19.3. The lowest BCUT2D eigenvalue weighted by molar-refractivity contribution is -0.0221. The van der Waals surface area contributed by atoms with Crippen molar-refractivity contribution in [2.45, 2.75) is 18.8 Å². The van der Waals surface area contributed by atoms with Crippen molar-refractivity contribution < 1.29 is 8.78 Å². The smallest absolute Gasteiger partial charge is 0.298 e. The van der Waals surface area contributed by atoms with Crippen molar-refractivity contribution in [2.75, 3.05) is 18.0 Å². The van der Waals surface area contributed by atoms with Crippen LogP contribution in [0.25, 0.3) is 11.5 Å². The first kappa shape index (κ1) is 16.8. The summed E-state index contributed by atoms with van der Waals surface area (Å²) in [6, 6.07) is 3.38. The van der Waals surface area contributed by atoms with Crippen LogP contribution in [0.2, 0.25) is 0 Å². The van der Waals surface area contributed by atoms with Gasteiger partial charge in [-0.3, -0.25) is 9.89 Å². The van der Waals surface area contributed by atoms with Gasteiger partial charge in [-0.05, 0) is 0 Å². The normalized spacial score (nSPS) is 16.3. The Bertz CT molecular complexity index is 1070. The van der Waals surface area contributed by atoms with E-state index in [0.717, 1.165) is 0 Å². The Morgan fingerprint density at radius 3 is 2.67 bits per heavy atom. The van der Waals surface area contributed by atoms with E-state index in [4.69, 9.17) is 5.26 Å². The van der Waals surface area contributed by atoms with E-state index in [0.29, 0.717) is 5.82 Å². The Labute approximate surface area is 150 Å². The maximum Gasteiger partial charge on any atom is 0.298 e. The van der Waals surface area contributed by atoms with Crippen molar-refractivity contribution in [1.82, 2.24) is 34.7 Å². The average Bonchev–Trinajstić information content (AvgIpc) is 3.28. The number of H-pyrrole nitrogens is 1. The molecular weight excluding hydrogens is 360 g/mol. The topological polar surface area (TPSA) is 121 Å². The third-order valence-corrected chi connectivity index (χ3v) is 4.29. The van der Waals surface area contributed by atoms with Gasteiger partial charge in [-0.1, -0.05) is 5.21 Å². The first-order valence-electron chi connectivity index (χ1n) is 8.05. The predicted octanol–water partition coefficient (Wildman–Crippen LogP) is 0.643. The third kappa shape index (κ3) is 3.14. The summed E-state index contributed by atoms with van der Waals surface area (Å²) < 4.78 is 29.0. The fraction of sp³-hybridized carbons (Fsp3) is 0.333. The zero-order chi connectivity index (χ0) is 19.0. The molecule has 0 unspecified atom stereocenters. The van der Waals surface area contributed by atoms with Crippen molar-refractivity contribution in [1.29, 1.82) is 5.26 Å². The van der Waals surface area contributed by atoms with Crippen LogP contribution < -0.4 is 10.5 Å². The maximum atomic E-state index is 13.3. The molecule has 0 aliphatic carbocycles. The average molecular weight is 373 g/mol. The molecule has 0 spiro atoms. The van der Waals surface area contributed by atoms with Crippen LogP contribution in [-0.4, -0.2) is 53.8 Å². The van der Waals surface area contributed by atoms with Crippen LogP contribution in [0.15, 0.2) is 29.6 Å². The van der Waals surface area contributed by atoms with E-state index >= 15 is 0 Å². The standard InChI is InChI=1S/C15H13F2N9O/c16-15(17)1-3-24(4-2-15)12-5-13(20-9-19-12)26-14(27)11(7-21-26)25-8-10(6-18)22-23-25/h5,7-9,21H,1-4H2. The van der Waals surface area contributed by atoms with Gasteiger partial charge in [0.2, 0.25) is 0 Å². The molecule has 27 heavy (non-hydrogen) atoms. The van der Waals surface area contributed by atoms with Crippen LogP contribution in [0.4, 0.5) is 14.6 Å². The number of nitrogens with one attached hydrogen (secondary N) is 1. The zero-order valence-electron chi connectivity index (χ0n) is 13.9. The Kier molecular flexibility index (Phi) is 3.91. The third-order valence-electron chi connectivity index (χ3n) is 4.29. The first-order chi connectivity index (χ1) is 13.0. The van der Waals surface area contributed by atoms with Crippen molar-refractivity contribution in [3.05, 3.63) is 40.8 Å². The van der Waals surface area contributed by atoms with Gasteiger partial charge in [0.1, 0.15) is 18.2 Å². The molecule has 4 rings (SSSR count). The highest BCUT2D eigenvalue weighted by Gasteiger charge is 2.34. The number of piperidine rings is 1. The molecule has 138 valence electrons. The molecule has 1 N–H and O–H groups in total. The highest BCUT2D eigenvalue weighted by Crippen LogP contribution is 2.29. The minimum atomic E-state index is -2.66. The van der Waals surface area contributed by atoms with E-state index in [-0.39, 0.29) is 43.1 Å². The van der Waals surface area contributed by atoms with Gasteiger partial charge in [0.15, 0.2) is 17.2 Å². The monoisotopic (exact) mass is 373 g/mol. The number of hydrogen-bond acceptors (Lipinski definition) is 7. The Balaban J connectivity index is 1.63. The molecule has 3 aromatic heterocycles. The van der Waals surface area contributed by atoms with Crippen LogP contribution >= 0.6 is 0 Å². The first-order valence-corrected chi connectivity index (χ1v) is 8.05. The van der Waals surface area contributed by atoms with E-state index in [9.17, 15) is 13.6 Å². The Morgan fingerprint density at radius 1 is 1.22 bits per heavy atom. The van der Waals surface area contributed by atoms with Crippen LogP contribution in [0.1, 0.15) is 18.5 Å². The number of nitriles is 1. The second-order valence-corrected chi connectivity index (χ2v) is 6.04. The molecule has 1 saturated heterocycles. The molecule has 0 bridgehead atoms. The van der Waals surface area contributed by atoms with Gasteiger partial charge in [-0.15, -0.1) is 5.10 Å². The number of halogens is 2. The number of aromatic amines is 1. The van der Waals surface area contributed by atoms with Gasteiger partial charge < -0.3 is 4.90 Å². The minimum Gasteiger partial charge on any atom is -0.356 e. The molecule has 12 heteroatoms. The number of nitrogens with zero attached hydrogens (tertiary/aromatic N) is 8. The fourth-order valence-corrected chi connectivity index (χ4v) is 2.82. The summed E-state index contributed by atoms with van der Waals surface area (Å²) >= 11 is 0. The molecule has 0 aromatic carbocycles. The molecule has 1 fully saturated rings. The van der Waals surface area contributed by atoms with Crippen LogP contribution in [0.5, 0.6) is 0 Å². The Morgan fingerprint density at radius 2 is 1.96 bits per heavy atom. The molecule has 0 amide bonds. The van der Waals surface area contributed by atoms with Crippen molar-refractivity contribution in [3.8, 4) is 17.6 Å². The summed E-state index contributed by atoms with van der Waals surface area (Å²) in [6.07, 6.45) is 3.52. The van der Waals surface area contributed by atoms with Gasteiger partial charge in [0.25, 0.3) is 11.5 Å². The predicted molar refractivity (Wildman–Crippen MR) is 88.0 cm³/mol. The Hall–Kier alpha value is -3.62. The second-order valence-electron chi connectivity index (χ2n) is 6.04. The number of aromatic nitrogens is 7. The lowest BCUT2D eigenvalue weighted by Crippen LogP contribution is -2.39. The summed E-state index contributed by atoms with van der Waals surface area (Å²) in [4.78, 5) is 22.6. The number of hydrogen-bond donors (Lipinski definition) is 1. The van der Waals surface area contributed by atoms with E-state index < -0.39 is 11.5 Å². The summed E-state index contributed by atoms with van der Waals surface area (Å²) in [6.45, 7) is 0.342. The second kappa shape index (κ2) is 6.27. The van der Waals surface area contributed by atoms with Gasteiger partial charge >= 0.3 is 0 Å². The molecule has 4 heterocycles. The van der Waals surface area contributed by atoms with E-state index in [2.05, 4.69) is 25.4 Å². The molecular formula is C15H13F2N9O. The van der Waals surface area contributed by atoms with Crippen LogP contribution in [0.3, 0.4) is 0 Å². The molecule has 0 radical (unpaired) electrons. The van der Waals surface area contributed by atoms with Crippen LogP contribution in [-0.2, 0) is 0 Å². The summed E-state index contributed by atoms with van der Waals surface area (Å²) in [5.74, 6) is -1.93.